The third kappa shape index (κ3) is 3.30. The van der Waals surface area contributed by atoms with E-state index in [-0.39, 0.29) is 22.7 Å². The molecule has 0 saturated carbocycles. The minimum absolute atomic E-state index is 0.0831. The molecular formula is C11H16ClN3O3. The molecule has 0 bridgehead atoms. The quantitative estimate of drug-likeness (QED) is 0.648. The monoisotopic (exact) mass is 273 g/mol. The molecule has 2 N–H and O–H groups in total. The van der Waals surface area contributed by atoms with E-state index in [1.165, 1.54) is 7.11 Å². The van der Waals surface area contributed by atoms with Crippen molar-refractivity contribution in [2.45, 2.75) is 19.8 Å². The Hall–Kier alpha value is -1.40. The smallest absolute Gasteiger partial charge is 0.357 e. The number of nitrogen functional groups attached to an aromatic ring is 1. The number of methoxy groups -OCH3 is 1. The summed E-state index contributed by atoms with van der Waals surface area (Å²) in [6.45, 7) is 4.74. The van der Waals surface area contributed by atoms with Crippen molar-refractivity contribution in [3.8, 4) is 0 Å². The lowest BCUT2D eigenvalue weighted by atomic mass is 10.0. The van der Waals surface area contributed by atoms with Crippen molar-refractivity contribution < 1.29 is 14.3 Å². The van der Waals surface area contributed by atoms with Gasteiger partial charge in [0.05, 0.1) is 13.7 Å². The summed E-state index contributed by atoms with van der Waals surface area (Å²) >= 11 is 5.69. The first kappa shape index (κ1) is 14.7. The van der Waals surface area contributed by atoms with Crippen molar-refractivity contribution in [2.75, 3.05) is 26.1 Å². The number of esters is 1. The maximum Gasteiger partial charge on any atom is 0.357 e. The van der Waals surface area contributed by atoms with Crippen LogP contribution in [0.5, 0.6) is 0 Å². The third-order valence-electron chi connectivity index (χ3n) is 2.39. The fourth-order valence-electron chi connectivity index (χ4n) is 1.57. The summed E-state index contributed by atoms with van der Waals surface area (Å²) in [6.07, 6.45) is 0. The predicted molar refractivity (Wildman–Crippen MR) is 67.7 cm³/mol. The average molecular weight is 274 g/mol. The summed E-state index contributed by atoms with van der Waals surface area (Å²) in [4.78, 5) is 19.4. The van der Waals surface area contributed by atoms with Crippen LogP contribution in [0.4, 0.5) is 5.82 Å². The van der Waals surface area contributed by atoms with E-state index in [4.69, 9.17) is 22.1 Å². The molecule has 1 heterocycles. The lowest BCUT2D eigenvalue weighted by molar-refractivity contribution is 0.0590. The first-order valence-corrected chi connectivity index (χ1v) is 5.88. The number of aromatic nitrogens is 2. The highest BCUT2D eigenvalue weighted by atomic mass is 35.5. The van der Waals surface area contributed by atoms with Gasteiger partial charge < -0.3 is 15.2 Å². The van der Waals surface area contributed by atoms with Crippen molar-refractivity contribution in [2.24, 2.45) is 0 Å². The van der Waals surface area contributed by atoms with Crippen LogP contribution in [-0.4, -0.2) is 36.3 Å². The number of hydrogen-bond donors (Lipinski definition) is 1. The highest BCUT2D eigenvalue weighted by Crippen LogP contribution is 2.26. The summed E-state index contributed by atoms with van der Waals surface area (Å²) in [7, 11) is 1.27. The minimum atomic E-state index is -0.593. The second-order valence-electron chi connectivity index (χ2n) is 3.69. The molecule has 0 saturated heterocycles. The maximum atomic E-state index is 11.6. The first-order chi connectivity index (χ1) is 8.51. The molecule has 1 aromatic rings. The summed E-state index contributed by atoms with van der Waals surface area (Å²) < 4.78 is 9.96. The van der Waals surface area contributed by atoms with Gasteiger partial charge in [0.15, 0.2) is 5.69 Å². The van der Waals surface area contributed by atoms with Gasteiger partial charge in [-0.1, -0.05) is 6.92 Å². The van der Waals surface area contributed by atoms with E-state index in [9.17, 15) is 4.79 Å². The zero-order valence-electron chi connectivity index (χ0n) is 10.6. The highest BCUT2D eigenvalue weighted by Gasteiger charge is 2.23. The van der Waals surface area contributed by atoms with Gasteiger partial charge in [-0.25, -0.2) is 14.8 Å². The third-order valence-corrected chi connectivity index (χ3v) is 2.56. The number of carbonyl (C=O) groups excluding carboxylic acids is 1. The molecule has 6 nitrogen and oxygen atoms in total. The van der Waals surface area contributed by atoms with Gasteiger partial charge in [0.25, 0.3) is 0 Å². The number of halogens is 1. The normalized spacial score (nSPS) is 12.2. The van der Waals surface area contributed by atoms with E-state index in [2.05, 4.69) is 14.7 Å². The van der Waals surface area contributed by atoms with Crippen molar-refractivity contribution in [3.05, 3.63) is 16.5 Å². The second kappa shape index (κ2) is 6.51. The SMILES string of the molecule is CCOCC(C)c1c(N)nc(Cl)nc1C(=O)OC. The Morgan fingerprint density at radius 1 is 1.50 bits per heavy atom. The zero-order chi connectivity index (χ0) is 13.7. The van der Waals surface area contributed by atoms with E-state index in [1.54, 1.807) is 0 Å². The Morgan fingerprint density at radius 2 is 2.17 bits per heavy atom. The summed E-state index contributed by atoms with van der Waals surface area (Å²) in [5, 5.41) is -0.0831. The minimum Gasteiger partial charge on any atom is -0.464 e. The Labute approximate surface area is 110 Å². The van der Waals surface area contributed by atoms with Crippen LogP contribution in [0.15, 0.2) is 0 Å². The van der Waals surface area contributed by atoms with Gasteiger partial charge in [-0.3, -0.25) is 0 Å². The van der Waals surface area contributed by atoms with Crippen molar-refractivity contribution in [1.82, 2.24) is 9.97 Å². The van der Waals surface area contributed by atoms with Gasteiger partial charge >= 0.3 is 5.97 Å². The highest BCUT2D eigenvalue weighted by molar-refractivity contribution is 6.28. The van der Waals surface area contributed by atoms with Crippen LogP contribution in [0.3, 0.4) is 0 Å². The number of anilines is 1. The molecule has 0 aliphatic rings. The molecule has 1 aromatic heterocycles. The van der Waals surface area contributed by atoms with Crippen LogP contribution < -0.4 is 5.73 Å². The van der Waals surface area contributed by atoms with Gasteiger partial charge in [0.1, 0.15) is 5.82 Å². The van der Waals surface area contributed by atoms with Crippen LogP contribution in [0, 0.1) is 0 Å². The molecule has 1 atom stereocenters. The molecule has 1 rings (SSSR count). The van der Waals surface area contributed by atoms with Gasteiger partial charge in [0.2, 0.25) is 5.28 Å². The van der Waals surface area contributed by atoms with Crippen LogP contribution in [-0.2, 0) is 9.47 Å². The van der Waals surface area contributed by atoms with Crippen LogP contribution in [0.25, 0.3) is 0 Å². The predicted octanol–water partition coefficient (Wildman–Crippen LogP) is 1.64. The van der Waals surface area contributed by atoms with Gasteiger partial charge in [-0.05, 0) is 18.5 Å². The molecule has 1 unspecified atom stereocenters. The Morgan fingerprint density at radius 3 is 2.72 bits per heavy atom. The molecule has 0 aliphatic heterocycles. The Bertz CT molecular complexity index is 440. The molecule has 7 heteroatoms. The lowest BCUT2D eigenvalue weighted by Crippen LogP contribution is -2.17. The number of hydrogen-bond acceptors (Lipinski definition) is 6. The Balaban J connectivity index is 3.18. The van der Waals surface area contributed by atoms with Gasteiger partial charge in [0, 0.05) is 18.1 Å². The fraction of sp³-hybridized carbons (Fsp3) is 0.545. The lowest BCUT2D eigenvalue weighted by Gasteiger charge is -2.16. The van der Waals surface area contributed by atoms with Gasteiger partial charge in [-0.15, -0.1) is 0 Å². The van der Waals surface area contributed by atoms with Crippen LogP contribution >= 0.6 is 11.6 Å². The molecule has 0 spiro atoms. The van der Waals surface area contributed by atoms with Crippen molar-refractivity contribution >= 4 is 23.4 Å². The molecule has 0 radical (unpaired) electrons. The van der Waals surface area contributed by atoms with Gasteiger partial charge in [-0.2, -0.15) is 0 Å². The standard InChI is InChI=1S/C11H16ClN3O3/c1-4-18-5-6(2)7-8(10(16)17-3)14-11(12)15-9(7)13/h6H,4-5H2,1-3H3,(H2,13,14,15). The fourth-order valence-corrected chi connectivity index (χ4v) is 1.75. The summed E-state index contributed by atoms with van der Waals surface area (Å²) in [5.41, 5.74) is 6.37. The van der Waals surface area contributed by atoms with E-state index < -0.39 is 5.97 Å². The molecular weight excluding hydrogens is 258 g/mol. The van der Waals surface area contributed by atoms with E-state index in [0.717, 1.165) is 0 Å². The van der Waals surface area contributed by atoms with Crippen molar-refractivity contribution in [1.29, 1.82) is 0 Å². The van der Waals surface area contributed by atoms with Crippen LogP contribution in [0.1, 0.15) is 35.8 Å². The molecule has 18 heavy (non-hydrogen) atoms. The van der Waals surface area contributed by atoms with E-state index in [1.807, 2.05) is 13.8 Å². The molecule has 0 aliphatic carbocycles. The average Bonchev–Trinajstić information content (AvgIpc) is 2.33. The number of ether oxygens (including phenoxy) is 2. The molecule has 0 aromatic carbocycles. The number of rotatable bonds is 5. The number of carbonyl (C=O) groups is 1. The topological polar surface area (TPSA) is 87.3 Å². The first-order valence-electron chi connectivity index (χ1n) is 5.50. The molecule has 0 amide bonds. The number of nitrogens with two attached hydrogens (primary N) is 1. The maximum absolute atomic E-state index is 11.6. The zero-order valence-corrected chi connectivity index (χ0v) is 11.3. The van der Waals surface area contributed by atoms with Crippen molar-refractivity contribution in [3.63, 3.8) is 0 Å². The molecule has 100 valence electrons. The second-order valence-corrected chi connectivity index (χ2v) is 4.03. The summed E-state index contributed by atoms with van der Waals surface area (Å²) in [5.74, 6) is -0.553. The largest absolute Gasteiger partial charge is 0.464 e. The van der Waals surface area contributed by atoms with E-state index >= 15 is 0 Å². The Kier molecular flexibility index (Phi) is 5.30. The summed E-state index contributed by atoms with van der Waals surface area (Å²) in [6, 6.07) is 0. The molecule has 0 fully saturated rings. The van der Waals surface area contributed by atoms with E-state index in [0.29, 0.717) is 18.8 Å². The number of nitrogens with zero attached hydrogens (tertiary/aromatic N) is 2. The van der Waals surface area contributed by atoms with Crippen LogP contribution in [0.2, 0.25) is 5.28 Å².